The van der Waals surface area contributed by atoms with Gasteiger partial charge in [-0.2, -0.15) is 26.3 Å². The Hall–Kier alpha value is -7.33. The lowest BCUT2D eigenvalue weighted by Gasteiger charge is -2.32. The molecular weight excluding hydrogens is 1800 g/mol. The lowest BCUT2D eigenvalue weighted by molar-refractivity contribution is -0.149. The van der Waals surface area contributed by atoms with Gasteiger partial charge in [0.1, 0.15) is 11.4 Å². The second-order valence-electron chi connectivity index (χ2n) is 55.4. The van der Waals surface area contributed by atoms with Crippen LogP contribution in [0.2, 0.25) is 0 Å². The molecule has 0 radical (unpaired) electrons. The highest BCUT2D eigenvalue weighted by molar-refractivity contribution is 5.83. The number of methoxy groups -OCH3 is 3. The summed E-state index contributed by atoms with van der Waals surface area (Å²) in [5.74, 6) is 1.26. The Bertz CT molecular complexity index is 3670. The van der Waals surface area contributed by atoms with Crippen molar-refractivity contribution in [3.63, 3.8) is 0 Å². The number of carbonyl (C=O) groups excluding carboxylic acids is 6. The number of aliphatic hydroxyl groups is 6. The van der Waals surface area contributed by atoms with Gasteiger partial charge in [-0.3, -0.25) is 34.2 Å². The molecule has 2 fully saturated rings. The predicted octanol–water partition coefficient (Wildman–Crippen LogP) is 24.9. The molecule has 2 aliphatic carbocycles. The average molecular weight is 2040 g/mol. The number of nitrogens with two attached hydrogens (primary N) is 1. The molecule has 0 spiro atoms. The van der Waals surface area contributed by atoms with Crippen molar-refractivity contribution >= 4 is 41.4 Å². The number of amidine groups is 1. The fourth-order valence-corrected chi connectivity index (χ4v) is 10.8. The van der Waals surface area contributed by atoms with Crippen molar-refractivity contribution in [2.45, 2.75) is 478 Å². The van der Waals surface area contributed by atoms with Crippen molar-refractivity contribution in [1.82, 2.24) is 30.8 Å². The molecule has 3 rings (SSSR count). The number of imidazole rings is 1. The summed E-state index contributed by atoms with van der Waals surface area (Å²) >= 11 is 0. The number of hydrogen-bond donors (Lipinski definition) is 12. The zero-order valence-electron chi connectivity index (χ0n) is 103. The summed E-state index contributed by atoms with van der Waals surface area (Å²) in [6.45, 7) is 103. The summed E-state index contributed by atoms with van der Waals surface area (Å²) < 4.78 is 14.3. The van der Waals surface area contributed by atoms with Crippen LogP contribution in [-0.4, -0.2) is 185 Å². The zero-order valence-corrected chi connectivity index (χ0v) is 103. The molecule has 0 atom stereocenters. The highest BCUT2D eigenvalue weighted by Gasteiger charge is 2.36. The van der Waals surface area contributed by atoms with E-state index in [1.807, 2.05) is 145 Å². The number of esters is 2. The van der Waals surface area contributed by atoms with Gasteiger partial charge in [0.05, 0.1) is 128 Å². The molecule has 1 heterocycles. The molecule has 28 heteroatoms. The van der Waals surface area contributed by atoms with Gasteiger partial charge in [0.15, 0.2) is 0 Å². The first kappa shape index (κ1) is 164. The molecule has 0 aromatic carbocycles. The number of amides is 4. The maximum Gasteiger partial charge on any atom is 0.310 e. The Kier molecular flexibility index (Phi) is 85.2. The molecule has 2 aliphatic rings. The second-order valence-corrected chi connectivity index (χ2v) is 55.4. The predicted molar refractivity (Wildman–Crippen MR) is 597 cm³/mol. The van der Waals surface area contributed by atoms with Crippen molar-refractivity contribution in [3.8, 4) is 30.3 Å². The second kappa shape index (κ2) is 74.5. The summed E-state index contributed by atoms with van der Waals surface area (Å²) in [7, 11) is 8.13. The van der Waals surface area contributed by atoms with E-state index >= 15 is 0 Å². The van der Waals surface area contributed by atoms with Crippen LogP contribution in [0.5, 0.6) is 0 Å². The molecule has 4 amide bonds. The number of nitriles is 5. The Morgan fingerprint density at radius 1 is 0.483 bits per heavy atom. The molecule has 0 saturated heterocycles. The van der Waals surface area contributed by atoms with Crippen LogP contribution in [-0.2, 0) is 48.4 Å². The monoisotopic (exact) mass is 2030 g/mol. The van der Waals surface area contributed by atoms with Crippen molar-refractivity contribution in [3.05, 3.63) is 18.2 Å². The van der Waals surface area contributed by atoms with Crippen LogP contribution in [0.25, 0.3) is 0 Å². The van der Waals surface area contributed by atoms with Gasteiger partial charge in [-0.25, -0.2) is 4.98 Å². The number of carbonyl (C=O) groups is 6. The smallest absolute Gasteiger partial charge is 0.310 e. The van der Waals surface area contributed by atoms with E-state index in [-0.39, 0.29) is 126 Å². The number of aliphatic hydroxyl groups excluding tert-OH is 6. The third-order valence-corrected chi connectivity index (χ3v) is 19.5. The van der Waals surface area contributed by atoms with E-state index in [4.69, 9.17) is 72.8 Å². The third-order valence-electron chi connectivity index (χ3n) is 19.5. The van der Waals surface area contributed by atoms with E-state index in [1.165, 1.54) is 52.7 Å². The molecule has 13 N–H and O–H groups in total. The van der Waals surface area contributed by atoms with E-state index in [9.17, 15) is 28.8 Å². The number of aromatic nitrogens is 2. The summed E-state index contributed by atoms with van der Waals surface area (Å²) in [4.78, 5) is 75.1. The minimum absolute atomic E-state index is 0.00181. The van der Waals surface area contributed by atoms with Gasteiger partial charge in [0.25, 0.3) is 0 Å². The standard InChI is InChI=1S/C9H19NO4.C9H19NO3.C9H20O.C9H20.C8H13N.C8H15N.C8H16O2.C7H12N2.C7H15NO2.C7H15NO.C7H11N.C6H11N.C6H12O2.C5H12N2.C5H9N.C5H12/c1-8(2,3)7(14)10-9(4-11,5-12)6-13;1-8(2,3)7(13)10-9(4,5-11)6-12;1-8(2,3)7-9(4,5)10-6;1-8(2,3)7-9(4,5)6;1-8(7-9)5-3-2-4-6-8;1-7(2)5-8(3,4)6-9;1-8(2,3)6-5-7(9)10-4;1-7(2,3)6-8-4-5-9-6;1-7(2,3)6(10)8-4-5-9;1-7(2,3)6(9)8(4)5;1-7(6-8)4-2-3-5-7;1-4-6(2,3)5-7;1-6(2,3)5(7)8-4;1-5(2,3)4(6)7;1-5(2,3)4-6;1-5(2,3)4/h11-13H,4-6H2,1-3H3,(H,10,14);11-12H,5-6H2,1-4H3,(H,10,13);7H2,1-6H3;7H2,1-6H3;2-6H2,1H3;7H,5H2,1-4H3;5-6H2,1-4H3;4-5H,1-3H3,(H,8,9);9H,4-5H2,1-3H3,(H,8,10);1-5H3;2-5H2,1H3;4H2,1-3H3;1-4H3;1-3H3,(H3,6,7);1-3H3;1-4H3. The number of ether oxygens (including phenoxy) is 3. The van der Waals surface area contributed by atoms with E-state index in [0.29, 0.717) is 40.5 Å². The van der Waals surface area contributed by atoms with Gasteiger partial charge >= 0.3 is 11.9 Å². The highest BCUT2D eigenvalue weighted by atomic mass is 16.5. The molecule has 28 nitrogen and oxygen atoms in total. The summed E-state index contributed by atoms with van der Waals surface area (Å²) in [6.07, 6.45) is 20.2. The van der Waals surface area contributed by atoms with E-state index in [0.717, 1.165) is 57.2 Å². The SMILES string of the molecule is CC(C)(C)C.CC(C)(C)C#N.CC(C)(C)C(=N)N.CC(C)(C)C(=O)NC(CO)(CO)CO.CC(C)(C)C(=O)NCCO.CC(C)(C)CC(C)(C)C.CC(C)(C)c1ncc[nH]1.CC(C)CC(C)(C)C#N.CC(CO)(CO)NC(=O)C(C)(C)C.CC1(C#N)CCCC1.CC1(C#N)CCCCC1.CCC(C)(C)C#N.CN(C)C(=O)C(C)(C)C.COC(=O)C(C)(C)C.COC(=O)CCC(C)(C)C.COC(C)(C)CC(C)(C)C. The molecular formula is C115H231N13O15. The first-order valence-corrected chi connectivity index (χ1v) is 51.0. The maximum atomic E-state index is 11.5. The summed E-state index contributed by atoms with van der Waals surface area (Å²) in [5, 5.41) is 110. The van der Waals surface area contributed by atoms with Crippen LogP contribution >= 0.6 is 0 Å². The van der Waals surface area contributed by atoms with E-state index in [1.54, 1.807) is 80.8 Å². The van der Waals surface area contributed by atoms with E-state index in [2.05, 4.69) is 239 Å². The van der Waals surface area contributed by atoms with Gasteiger partial charge in [-0.1, -0.05) is 288 Å². The Balaban J connectivity index is -0.000000115. The van der Waals surface area contributed by atoms with E-state index < -0.39 is 41.7 Å². The van der Waals surface area contributed by atoms with Crippen molar-refractivity contribution in [2.75, 3.05) is 81.6 Å². The highest BCUT2D eigenvalue weighted by Crippen LogP contribution is 2.38. The lowest BCUT2D eigenvalue weighted by Crippen LogP contribution is -2.59. The van der Waals surface area contributed by atoms with Crippen LogP contribution in [0.15, 0.2) is 12.4 Å². The fraction of sp³-hybridized carbons (Fsp3) is 0.870. The first-order valence-electron chi connectivity index (χ1n) is 51.0. The molecule has 1 aromatic heterocycles. The average Bonchev–Trinajstić information content (AvgIpc) is 1.67. The first-order chi connectivity index (χ1) is 63.0. The minimum Gasteiger partial charge on any atom is -0.469 e. The number of hydrogen-bond acceptors (Lipinski definition) is 22. The molecule has 0 bridgehead atoms. The number of H-pyrrole nitrogens is 1. The zero-order chi connectivity index (χ0) is 118. The fourth-order valence-electron chi connectivity index (χ4n) is 10.8. The normalized spacial score (nSPS) is 13.5. The van der Waals surface area contributed by atoms with Gasteiger partial charge < -0.3 is 76.4 Å². The molecule has 143 heavy (non-hydrogen) atoms. The Morgan fingerprint density at radius 2 is 0.811 bits per heavy atom. The van der Waals surface area contributed by atoms with Crippen LogP contribution < -0.4 is 21.7 Å². The van der Waals surface area contributed by atoms with Gasteiger partial charge in [-0.15, -0.1) is 0 Å². The molecule has 2 saturated carbocycles. The molecule has 846 valence electrons. The quantitative estimate of drug-likeness (QED) is 0.0415. The number of rotatable bonds is 16. The molecule has 1 aromatic rings. The van der Waals surface area contributed by atoms with Crippen LogP contribution in [0.3, 0.4) is 0 Å². The van der Waals surface area contributed by atoms with Gasteiger partial charge in [0.2, 0.25) is 23.6 Å². The lowest BCUT2D eigenvalue weighted by atomic mass is 9.77. The number of nitrogens with one attached hydrogen (secondary N) is 5. The van der Waals surface area contributed by atoms with Gasteiger partial charge in [-0.05, 0) is 195 Å². The minimum atomic E-state index is -1.33. The van der Waals surface area contributed by atoms with Crippen molar-refractivity contribution < 1.29 is 73.6 Å². The summed E-state index contributed by atoms with van der Waals surface area (Å²) in [5.41, 5.74) is 2.61. The molecule has 0 aliphatic heterocycles. The number of nitrogens with zero attached hydrogens (tertiary/aromatic N) is 7. The topological polar surface area (TPSA) is 488 Å². The van der Waals surface area contributed by atoms with Crippen LogP contribution in [0, 0.1) is 155 Å². The molecule has 0 unspecified atom stereocenters. The van der Waals surface area contributed by atoms with Gasteiger partial charge in [0, 0.05) is 84.5 Å². The van der Waals surface area contributed by atoms with Crippen LogP contribution in [0.1, 0.15) is 462 Å². The largest absolute Gasteiger partial charge is 0.469 e. The Morgan fingerprint density at radius 3 is 0.951 bits per heavy atom. The van der Waals surface area contributed by atoms with Crippen molar-refractivity contribution in [2.24, 2.45) is 98.3 Å². The number of aromatic amines is 1. The summed E-state index contributed by atoms with van der Waals surface area (Å²) in [6, 6.07) is 11.3. The maximum absolute atomic E-state index is 11.5. The van der Waals surface area contributed by atoms with Crippen molar-refractivity contribution in [1.29, 1.82) is 31.7 Å². The third kappa shape index (κ3) is 118. The Labute approximate surface area is 879 Å². The van der Waals surface area contributed by atoms with Crippen LogP contribution in [0.4, 0.5) is 0 Å².